The van der Waals surface area contributed by atoms with Crippen molar-refractivity contribution in [3.63, 3.8) is 0 Å². The number of benzene rings is 1. The van der Waals surface area contributed by atoms with E-state index in [0.717, 1.165) is 16.6 Å². The fourth-order valence-electron chi connectivity index (χ4n) is 1.23. The molecule has 3 nitrogen and oxygen atoms in total. The van der Waals surface area contributed by atoms with Gasteiger partial charge in [0.1, 0.15) is 5.75 Å². The summed E-state index contributed by atoms with van der Waals surface area (Å²) >= 11 is 3.37. The van der Waals surface area contributed by atoms with E-state index in [1.54, 1.807) is 0 Å². The SMILES string of the molecule is CC(N)CCS(=O)CCOc1cccc(Br)c1. The van der Waals surface area contributed by atoms with Crippen LogP contribution in [0.1, 0.15) is 13.3 Å². The fraction of sp³-hybridized carbons (Fsp3) is 0.500. The maximum absolute atomic E-state index is 11.6. The van der Waals surface area contributed by atoms with Gasteiger partial charge in [0.25, 0.3) is 0 Å². The molecule has 0 saturated heterocycles. The Hall–Kier alpha value is -0.390. The Labute approximate surface area is 113 Å². The molecule has 0 amide bonds. The normalized spacial score (nSPS) is 14.3. The summed E-state index contributed by atoms with van der Waals surface area (Å²) in [6, 6.07) is 7.74. The lowest BCUT2D eigenvalue weighted by molar-refractivity contribution is 0.342. The minimum absolute atomic E-state index is 0.116. The third-order valence-electron chi connectivity index (χ3n) is 2.18. The summed E-state index contributed by atoms with van der Waals surface area (Å²) < 4.78 is 18.1. The Morgan fingerprint density at radius 2 is 2.24 bits per heavy atom. The van der Waals surface area contributed by atoms with E-state index >= 15 is 0 Å². The molecule has 1 aromatic carbocycles. The molecule has 96 valence electrons. The summed E-state index contributed by atoms with van der Waals surface area (Å²) in [5.74, 6) is 2.00. The zero-order chi connectivity index (χ0) is 12.7. The van der Waals surface area contributed by atoms with Crippen LogP contribution in [0.25, 0.3) is 0 Å². The van der Waals surface area contributed by atoms with Gasteiger partial charge in [0.05, 0.1) is 12.4 Å². The largest absolute Gasteiger partial charge is 0.493 e. The maximum atomic E-state index is 11.6. The van der Waals surface area contributed by atoms with Crippen LogP contribution in [-0.4, -0.2) is 28.4 Å². The van der Waals surface area contributed by atoms with Crippen molar-refractivity contribution >= 4 is 26.7 Å². The van der Waals surface area contributed by atoms with E-state index in [9.17, 15) is 4.21 Å². The number of hydrogen-bond donors (Lipinski definition) is 1. The van der Waals surface area contributed by atoms with Gasteiger partial charge in [-0.15, -0.1) is 0 Å². The average Bonchev–Trinajstić information content (AvgIpc) is 2.26. The predicted octanol–water partition coefficient (Wildman–Crippen LogP) is 2.31. The Morgan fingerprint density at radius 3 is 2.88 bits per heavy atom. The maximum Gasteiger partial charge on any atom is 0.120 e. The van der Waals surface area contributed by atoms with Crippen LogP contribution in [0.3, 0.4) is 0 Å². The molecule has 0 spiro atoms. The van der Waals surface area contributed by atoms with Gasteiger partial charge in [0, 0.05) is 27.1 Å². The minimum Gasteiger partial charge on any atom is -0.493 e. The van der Waals surface area contributed by atoms with Crippen LogP contribution < -0.4 is 10.5 Å². The molecule has 0 fully saturated rings. The quantitative estimate of drug-likeness (QED) is 0.839. The number of halogens is 1. The van der Waals surface area contributed by atoms with Gasteiger partial charge in [-0.3, -0.25) is 4.21 Å². The highest BCUT2D eigenvalue weighted by atomic mass is 79.9. The molecule has 1 aromatic rings. The van der Waals surface area contributed by atoms with Crippen molar-refractivity contribution < 1.29 is 8.95 Å². The molecule has 2 N–H and O–H groups in total. The van der Waals surface area contributed by atoms with Crippen molar-refractivity contribution in [2.45, 2.75) is 19.4 Å². The summed E-state index contributed by atoms with van der Waals surface area (Å²) in [5.41, 5.74) is 5.61. The highest BCUT2D eigenvalue weighted by molar-refractivity contribution is 9.10. The second kappa shape index (κ2) is 7.84. The molecule has 2 unspecified atom stereocenters. The van der Waals surface area contributed by atoms with Crippen molar-refractivity contribution in [3.05, 3.63) is 28.7 Å². The summed E-state index contributed by atoms with van der Waals surface area (Å²) in [6.07, 6.45) is 0.795. The lowest BCUT2D eigenvalue weighted by Gasteiger charge is -2.07. The first-order chi connectivity index (χ1) is 8.08. The Morgan fingerprint density at radius 1 is 1.47 bits per heavy atom. The third kappa shape index (κ3) is 6.81. The van der Waals surface area contributed by atoms with E-state index in [-0.39, 0.29) is 6.04 Å². The summed E-state index contributed by atoms with van der Waals surface area (Å²) in [6.45, 7) is 2.40. The second-order valence-electron chi connectivity index (χ2n) is 3.92. The topological polar surface area (TPSA) is 52.3 Å². The van der Waals surface area contributed by atoms with E-state index in [1.807, 2.05) is 31.2 Å². The van der Waals surface area contributed by atoms with Gasteiger partial charge in [-0.2, -0.15) is 0 Å². The standard InChI is InChI=1S/C12H18BrNO2S/c1-10(14)5-7-17(15)8-6-16-12-4-2-3-11(13)9-12/h2-4,9-10H,5-8,14H2,1H3. The summed E-state index contributed by atoms with van der Waals surface area (Å²) in [4.78, 5) is 0. The third-order valence-corrected chi connectivity index (χ3v) is 3.98. The predicted molar refractivity (Wildman–Crippen MR) is 75.8 cm³/mol. The molecule has 0 heterocycles. The number of ether oxygens (including phenoxy) is 1. The minimum atomic E-state index is -0.836. The summed E-state index contributed by atoms with van der Waals surface area (Å²) in [5, 5.41) is 0. The lowest BCUT2D eigenvalue weighted by atomic mass is 10.3. The first kappa shape index (κ1) is 14.7. The van der Waals surface area contributed by atoms with Crippen molar-refractivity contribution in [1.82, 2.24) is 0 Å². The molecule has 2 atom stereocenters. The van der Waals surface area contributed by atoms with Crippen LogP contribution in [0, 0.1) is 0 Å². The van der Waals surface area contributed by atoms with Crippen molar-refractivity contribution in [2.24, 2.45) is 5.73 Å². The molecule has 0 bridgehead atoms. The van der Waals surface area contributed by atoms with Crippen LogP contribution in [-0.2, 0) is 10.8 Å². The van der Waals surface area contributed by atoms with E-state index in [2.05, 4.69) is 15.9 Å². The van der Waals surface area contributed by atoms with Crippen LogP contribution in [0.15, 0.2) is 28.7 Å². The Bertz CT molecular complexity index is 371. The highest BCUT2D eigenvalue weighted by Gasteiger charge is 2.03. The summed E-state index contributed by atoms with van der Waals surface area (Å²) in [7, 11) is -0.836. The fourth-order valence-corrected chi connectivity index (χ4v) is 2.71. The van der Waals surface area contributed by atoms with Crippen LogP contribution in [0.5, 0.6) is 5.75 Å². The number of hydrogen-bond acceptors (Lipinski definition) is 3. The van der Waals surface area contributed by atoms with Crippen molar-refractivity contribution in [2.75, 3.05) is 18.1 Å². The Balaban J connectivity index is 2.21. The van der Waals surface area contributed by atoms with E-state index in [0.29, 0.717) is 18.1 Å². The van der Waals surface area contributed by atoms with Crippen LogP contribution in [0.4, 0.5) is 0 Å². The number of rotatable bonds is 7. The molecule has 17 heavy (non-hydrogen) atoms. The zero-order valence-corrected chi connectivity index (χ0v) is 12.3. The van der Waals surface area contributed by atoms with E-state index < -0.39 is 10.8 Å². The molecule has 0 aliphatic carbocycles. The zero-order valence-electron chi connectivity index (χ0n) is 9.90. The van der Waals surface area contributed by atoms with Crippen molar-refractivity contribution in [1.29, 1.82) is 0 Å². The molecule has 5 heteroatoms. The van der Waals surface area contributed by atoms with Gasteiger partial charge in [-0.25, -0.2) is 0 Å². The molecule has 0 radical (unpaired) electrons. The van der Waals surface area contributed by atoms with Crippen LogP contribution in [0.2, 0.25) is 0 Å². The average molecular weight is 320 g/mol. The Kier molecular flexibility index (Phi) is 6.77. The van der Waals surface area contributed by atoms with Crippen LogP contribution >= 0.6 is 15.9 Å². The van der Waals surface area contributed by atoms with Gasteiger partial charge >= 0.3 is 0 Å². The first-order valence-electron chi connectivity index (χ1n) is 5.57. The molecular weight excluding hydrogens is 302 g/mol. The molecule has 1 rings (SSSR count). The van der Waals surface area contributed by atoms with Gasteiger partial charge in [-0.1, -0.05) is 22.0 Å². The lowest BCUT2D eigenvalue weighted by Crippen LogP contribution is -2.20. The number of nitrogens with two attached hydrogens (primary N) is 1. The van der Waals surface area contributed by atoms with Crippen molar-refractivity contribution in [3.8, 4) is 5.75 Å². The first-order valence-corrected chi connectivity index (χ1v) is 7.85. The molecular formula is C12H18BrNO2S. The van der Waals surface area contributed by atoms with Gasteiger partial charge < -0.3 is 10.5 Å². The second-order valence-corrected chi connectivity index (χ2v) is 6.53. The molecule has 0 aliphatic heterocycles. The highest BCUT2D eigenvalue weighted by Crippen LogP contribution is 2.17. The van der Waals surface area contributed by atoms with Gasteiger partial charge in [0.15, 0.2) is 0 Å². The molecule has 0 saturated carbocycles. The van der Waals surface area contributed by atoms with E-state index in [1.165, 1.54) is 0 Å². The molecule has 0 aliphatic rings. The monoisotopic (exact) mass is 319 g/mol. The molecule has 0 aromatic heterocycles. The van der Waals surface area contributed by atoms with E-state index in [4.69, 9.17) is 10.5 Å². The smallest absolute Gasteiger partial charge is 0.120 e. The van der Waals surface area contributed by atoms with Gasteiger partial charge in [0.2, 0.25) is 0 Å². The van der Waals surface area contributed by atoms with Gasteiger partial charge in [-0.05, 0) is 31.5 Å².